The normalized spacial score (nSPS) is 16.8. The molecule has 2 heterocycles. The molecule has 1 aliphatic heterocycles. The molecule has 10 heteroatoms. The second kappa shape index (κ2) is 10.6. The summed E-state index contributed by atoms with van der Waals surface area (Å²) < 4.78 is 24.2. The van der Waals surface area contributed by atoms with Crippen LogP contribution >= 0.6 is 0 Å². The average molecular weight is 508 g/mol. The van der Waals surface area contributed by atoms with Crippen molar-refractivity contribution in [1.82, 2.24) is 10.2 Å². The van der Waals surface area contributed by atoms with Crippen molar-refractivity contribution in [1.29, 1.82) is 0 Å². The number of benzene rings is 2. The van der Waals surface area contributed by atoms with Gasteiger partial charge in [-0.3, -0.25) is 9.59 Å². The number of hydrogen-bond acceptors (Lipinski definition) is 8. The highest BCUT2D eigenvalue weighted by Gasteiger charge is 2.46. The minimum Gasteiger partial charge on any atom is -0.466 e. The van der Waals surface area contributed by atoms with Crippen LogP contribution in [0.15, 0.2) is 52.9 Å². The number of nitrogens with one attached hydrogen (secondary N) is 2. The Bertz CT molecular complexity index is 1250. The van der Waals surface area contributed by atoms with Crippen LogP contribution in [-0.2, 0) is 9.53 Å². The van der Waals surface area contributed by atoms with Gasteiger partial charge < -0.3 is 24.7 Å². The summed E-state index contributed by atoms with van der Waals surface area (Å²) in [5, 5.41) is 12.9. The van der Waals surface area contributed by atoms with E-state index in [2.05, 4.69) is 25.7 Å². The Morgan fingerprint density at radius 3 is 2.54 bits per heavy atom. The molecule has 3 aromatic rings. The average Bonchev–Trinajstić information content (AvgIpc) is 3.34. The van der Waals surface area contributed by atoms with Crippen molar-refractivity contribution in [3.05, 3.63) is 60.2 Å². The number of carbonyl (C=O) groups excluding carboxylic acids is 2. The fourth-order valence-corrected chi connectivity index (χ4v) is 5.40. The maximum Gasteiger partial charge on any atom is 0.320 e. The number of para-hydroxylation sites is 1. The third-order valence-corrected chi connectivity index (χ3v) is 7.25. The van der Waals surface area contributed by atoms with E-state index in [1.54, 1.807) is 12.1 Å². The first-order valence-electron chi connectivity index (χ1n) is 12.6. The van der Waals surface area contributed by atoms with Crippen molar-refractivity contribution in [3.63, 3.8) is 0 Å². The van der Waals surface area contributed by atoms with Crippen LogP contribution in [0, 0.1) is 17.2 Å². The minimum atomic E-state index is -0.552. The molecule has 0 unspecified atom stereocenters. The maximum absolute atomic E-state index is 13.8. The topological polar surface area (TPSA) is 110 Å². The second-order valence-corrected chi connectivity index (χ2v) is 9.79. The summed E-state index contributed by atoms with van der Waals surface area (Å²) in [6, 6.07) is 13.6. The molecular formula is C27H30FN5O4. The Hall–Kier alpha value is -3.95. The van der Waals surface area contributed by atoms with E-state index in [9.17, 15) is 14.0 Å². The Morgan fingerprint density at radius 2 is 1.84 bits per heavy atom. The van der Waals surface area contributed by atoms with E-state index >= 15 is 0 Å². The van der Waals surface area contributed by atoms with Gasteiger partial charge in [-0.25, -0.2) is 4.39 Å². The van der Waals surface area contributed by atoms with E-state index in [0.717, 1.165) is 44.5 Å². The SMILES string of the molecule is CCOC(=O)CC1CC2(CCN(c3ccc(NC(=O)c4nnc(Nc5ccccc5F)o4)cc3)CC2)C1. The molecule has 2 N–H and O–H groups in total. The molecule has 0 radical (unpaired) electrons. The molecule has 194 valence electrons. The van der Waals surface area contributed by atoms with E-state index < -0.39 is 11.7 Å². The fraction of sp³-hybridized carbons (Fsp3) is 0.407. The zero-order valence-corrected chi connectivity index (χ0v) is 20.7. The fourth-order valence-electron chi connectivity index (χ4n) is 5.40. The Morgan fingerprint density at radius 1 is 1.11 bits per heavy atom. The van der Waals surface area contributed by atoms with Crippen molar-refractivity contribution in [2.75, 3.05) is 35.2 Å². The molecule has 1 amide bonds. The number of esters is 1. The third kappa shape index (κ3) is 5.73. The number of ether oxygens (including phenoxy) is 1. The molecule has 1 saturated carbocycles. The van der Waals surface area contributed by atoms with E-state index in [-0.39, 0.29) is 23.6 Å². The number of carbonyl (C=O) groups is 2. The number of halogens is 1. The lowest BCUT2D eigenvalue weighted by molar-refractivity contribution is -0.146. The highest BCUT2D eigenvalue weighted by Crippen LogP contribution is 2.54. The zero-order chi connectivity index (χ0) is 25.8. The number of amides is 1. The molecule has 1 saturated heterocycles. The van der Waals surface area contributed by atoms with Gasteiger partial charge in [-0.2, -0.15) is 0 Å². The molecule has 9 nitrogen and oxygen atoms in total. The monoisotopic (exact) mass is 507 g/mol. The van der Waals surface area contributed by atoms with Crippen molar-refractivity contribution in [2.45, 2.75) is 39.0 Å². The summed E-state index contributed by atoms with van der Waals surface area (Å²) in [5.74, 6) is -0.874. The quantitative estimate of drug-likeness (QED) is 0.403. The van der Waals surface area contributed by atoms with Crippen LogP contribution in [0.25, 0.3) is 0 Å². The standard InChI is InChI=1S/C27H30FN5O4/c1-2-36-23(34)15-18-16-27(17-18)11-13-33(14-12-27)20-9-7-19(8-10-20)29-24(35)25-31-32-26(37-25)30-22-6-4-3-5-21(22)28/h3-10,18H,2,11-17H2,1H3,(H,29,35)(H,30,32). The van der Waals surface area contributed by atoms with Gasteiger partial charge in [0.1, 0.15) is 5.82 Å². The Labute approximate surface area is 214 Å². The Balaban J connectivity index is 1.10. The molecule has 2 aromatic carbocycles. The molecule has 0 atom stereocenters. The van der Waals surface area contributed by atoms with Gasteiger partial charge in [0.05, 0.1) is 12.3 Å². The van der Waals surface area contributed by atoms with Gasteiger partial charge in [0.15, 0.2) is 0 Å². The third-order valence-electron chi connectivity index (χ3n) is 7.25. The van der Waals surface area contributed by atoms with Gasteiger partial charge in [-0.15, -0.1) is 5.10 Å². The van der Waals surface area contributed by atoms with E-state index in [1.807, 2.05) is 31.2 Å². The molecule has 0 bridgehead atoms. The van der Waals surface area contributed by atoms with Crippen LogP contribution in [0.2, 0.25) is 0 Å². The highest BCUT2D eigenvalue weighted by molar-refractivity contribution is 6.01. The summed E-state index contributed by atoms with van der Waals surface area (Å²) in [6.07, 6.45) is 4.99. The highest BCUT2D eigenvalue weighted by atomic mass is 19.1. The summed E-state index contributed by atoms with van der Waals surface area (Å²) >= 11 is 0. The number of rotatable bonds is 8. The number of anilines is 4. The smallest absolute Gasteiger partial charge is 0.320 e. The Kier molecular flexibility index (Phi) is 7.07. The maximum atomic E-state index is 13.8. The van der Waals surface area contributed by atoms with Crippen LogP contribution in [0.4, 0.5) is 27.5 Å². The van der Waals surface area contributed by atoms with Gasteiger partial charge in [0, 0.05) is 30.9 Å². The lowest BCUT2D eigenvalue weighted by Crippen LogP contribution is -2.47. The number of aromatic nitrogens is 2. The zero-order valence-electron chi connectivity index (χ0n) is 20.7. The summed E-state index contributed by atoms with van der Waals surface area (Å²) in [5.41, 5.74) is 2.24. The van der Waals surface area contributed by atoms with Gasteiger partial charge >= 0.3 is 23.8 Å². The van der Waals surface area contributed by atoms with Gasteiger partial charge in [-0.05, 0) is 80.3 Å². The van der Waals surface area contributed by atoms with Crippen LogP contribution in [0.3, 0.4) is 0 Å². The van der Waals surface area contributed by atoms with E-state index in [0.29, 0.717) is 30.0 Å². The largest absolute Gasteiger partial charge is 0.466 e. The van der Waals surface area contributed by atoms with Crippen molar-refractivity contribution >= 4 is 35.0 Å². The summed E-state index contributed by atoms with van der Waals surface area (Å²) in [4.78, 5) is 26.6. The number of nitrogens with zero attached hydrogens (tertiary/aromatic N) is 3. The molecule has 37 heavy (non-hydrogen) atoms. The molecule has 1 aliphatic carbocycles. The summed E-state index contributed by atoms with van der Waals surface area (Å²) in [7, 11) is 0. The first-order valence-corrected chi connectivity index (χ1v) is 12.6. The van der Waals surface area contributed by atoms with Crippen LogP contribution in [0.5, 0.6) is 0 Å². The predicted molar refractivity (Wildman–Crippen MR) is 136 cm³/mol. The van der Waals surface area contributed by atoms with Crippen LogP contribution in [-0.4, -0.2) is 41.8 Å². The van der Waals surface area contributed by atoms with Crippen LogP contribution in [0.1, 0.15) is 49.7 Å². The van der Waals surface area contributed by atoms with Gasteiger partial charge in [0.2, 0.25) is 0 Å². The first-order chi connectivity index (χ1) is 17.9. The van der Waals surface area contributed by atoms with E-state index in [4.69, 9.17) is 9.15 Å². The van der Waals surface area contributed by atoms with Crippen molar-refractivity contribution < 1.29 is 23.1 Å². The molecule has 1 aromatic heterocycles. The minimum absolute atomic E-state index is 0.0767. The number of hydrogen-bond donors (Lipinski definition) is 2. The van der Waals surface area contributed by atoms with Crippen molar-refractivity contribution in [3.8, 4) is 0 Å². The van der Waals surface area contributed by atoms with Gasteiger partial charge in [-0.1, -0.05) is 17.2 Å². The molecule has 5 rings (SSSR count). The first kappa shape index (κ1) is 24.7. The molecule has 1 spiro atoms. The summed E-state index contributed by atoms with van der Waals surface area (Å²) in [6.45, 7) is 4.23. The lowest BCUT2D eigenvalue weighted by Gasteiger charge is -2.52. The predicted octanol–water partition coefficient (Wildman–Crippen LogP) is 5.15. The lowest BCUT2D eigenvalue weighted by atomic mass is 9.57. The van der Waals surface area contributed by atoms with Crippen molar-refractivity contribution in [2.24, 2.45) is 11.3 Å². The number of piperidine rings is 1. The van der Waals surface area contributed by atoms with Gasteiger partial charge in [0.25, 0.3) is 0 Å². The molecule has 2 fully saturated rings. The molecule has 2 aliphatic rings. The second-order valence-electron chi connectivity index (χ2n) is 9.79. The van der Waals surface area contributed by atoms with Crippen LogP contribution < -0.4 is 15.5 Å². The van der Waals surface area contributed by atoms with E-state index in [1.165, 1.54) is 12.1 Å². The molecular weight excluding hydrogens is 477 g/mol.